The minimum Gasteiger partial charge on any atom is -0.457 e. The number of halogens is 1. The summed E-state index contributed by atoms with van der Waals surface area (Å²) >= 11 is 4.29. The molecule has 2 aliphatic heterocycles. The first-order valence-corrected chi connectivity index (χ1v) is 17.0. The van der Waals surface area contributed by atoms with E-state index >= 15 is 0 Å². The van der Waals surface area contributed by atoms with Crippen LogP contribution < -0.4 is 21.7 Å². The molecule has 14 heteroatoms. The zero-order valence-corrected chi connectivity index (χ0v) is 27.9. The number of piperidine rings is 1. The van der Waals surface area contributed by atoms with E-state index in [4.69, 9.17) is 4.74 Å². The smallest absolute Gasteiger partial charge is 0.313 e. The third kappa shape index (κ3) is 12.9. The molecule has 1 aliphatic carbocycles. The number of benzene rings is 1. The van der Waals surface area contributed by atoms with Gasteiger partial charge in [0.05, 0.1) is 17.6 Å². The van der Waals surface area contributed by atoms with Crippen LogP contribution in [0, 0.1) is 17.7 Å². The van der Waals surface area contributed by atoms with E-state index in [1.165, 1.54) is 37.5 Å². The molecule has 1 aromatic carbocycles. The van der Waals surface area contributed by atoms with Crippen LogP contribution >= 0.6 is 12.6 Å². The SMILES string of the molecule is CC(S)CCC(=O)NC(CC1CCNC1=O)C(=O)COC(=O)C1CCC(N2CCCCC2)CC1.NC(=O)C(=O)Nc1ccccc1F. The van der Waals surface area contributed by atoms with E-state index in [9.17, 15) is 33.2 Å². The quantitative estimate of drug-likeness (QED) is 0.127. The van der Waals surface area contributed by atoms with Gasteiger partial charge in [0, 0.05) is 24.9 Å². The topological polar surface area (TPSA) is 177 Å². The number of hydrogen-bond acceptors (Lipinski definition) is 9. The lowest BCUT2D eigenvalue weighted by atomic mass is 9.84. The van der Waals surface area contributed by atoms with Gasteiger partial charge in [0.15, 0.2) is 12.4 Å². The van der Waals surface area contributed by atoms with Gasteiger partial charge in [-0.2, -0.15) is 12.6 Å². The number of esters is 1. The Hall–Kier alpha value is -3.52. The Morgan fingerprint density at radius 3 is 2.34 bits per heavy atom. The summed E-state index contributed by atoms with van der Waals surface area (Å²) in [5.41, 5.74) is 4.60. The summed E-state index contributed by atoms with van der Waals surface area (Å²) in [4.78, 5) is 73.5. The van der Waals surface area contributed by atoms with Crippen molar-refractivity contribution in [3.05, 3.63) is 30.1 Å². The van der Waals surface area contributed by atoms with Crippen molar-refractivity contribution in [2.75, 3.05) is 31.6 Å². The zero-order chi connectivity index (χ0) is 34.3. The maximum atomic E-state index is 12.9. The molecular formula is C33H48FN5O7S. The van der Waals surface area contributed by atoms with E-state index in [0.29, 0.717) is 25.4 Å². The predicted molar refractivity (Wildman–Crippen MR) is 177 cm³/mol. The molecule has 1 saturated carbocycles. The fourth-order valence-corrected chi connectivity index (χ4v) is 6.23. The normalized spacial score (nSPS) is 22.4. The first kappa shape index (κ1) is 37.9. The second-order valence-electron chi connectivity index (χ2n) is 12.5. The van der Waals surface area contributed by atoms with Crippen molar-refractivity contribution < 1.29 is 37.9 Å². The first-order chi connectivity index (χ1) is 22.4. The van der Waals surface area contributed by atoms with Crippen molar-refractivity contribution in [2.45, 2.75) is 94.9 Å². The highest BCUT2D eigenvalue weighted by Crippen LogP contribution is 2.30. The molecule has 12 nitrogen and oxygen atoms in total. The standard InChI is InChI=1S/C25H41N3O5S.C8H7FN2O2/c1-17(34)5-10-23(30)27-21(15-19-11-12-26-24(19)31)22(29)16-33-25(32)18-6-8-20(9-7-18)28-13-3-2-4-14-28;9-5-3-1-2-4-6(5)11-8(13)7(10)12/h17-21,34H,2-16H2,1H3,(H,26,31)(H,27,30);1-4H,(H2,10,12)(H,11,13). The summed E-state index contributed by atoms with van der Waals surface area (Å²) in [5, 5.41) is 7.63. The van der Waals surface area contributed by atoms with Gasteiger partial charge in [-0.3, -0.25) is 28.8 Å². The molecule has 2 heterocycles. The van der Waals surface area contributed by atoms with Crippen molar-refractivity contribution in [1.29, 1.82) is 0 Å². The van der Waals surface area contributed by atoms with E-state index in [-0.39, 0.29) is 65.8 Å². The monoisotopic (exact) mass is 677 g/mol. The number of rotatable bonds is 12. The number of ether oxygens (including phenoxy) is 1. The lowest BCUT2D eigenvalue weighted by Gasteiger charge is -2.38. The number of anilines is 1. The number of hydrogen-bond donors (Lipinski definition) is 5. The first-order valence-electron chi connectivity index (χ1n) is 16.5. The molecule has 1 aromatic rings. The number of nitrogens with one attached hydrogen (secondary N) is 3. The van der Waals surface area contributed by atoms with Crippen molar-refractivity contribution in [2.24, 2.45) is 17.6 Å². The van der Waals surface area contributed by atoms with Crippen LogP contribution in [-0.2, 0) is 33.5 Å². The van der Waals surface area contributed by atoms with Crippen LogP contribution in [0.25, 0.3) is 0 Å². The molecule has 0 spiro atoms. The number of nitrogens with zero attached hydrogens (tertiary/aromatic N) is 1. The number of carbonyl (C=O) groups is 6. The van der Waals surface area contributed by atoms with E-state index in [0.717, 1.165) is 44.8 Å². The fourth-order valence-electron chi connectivity index (χ4n) is 6.10. The van der Waals surface area contributed by atoms with Crippen LogP contribution in [0.4, 0.5) is 10.1 Å². The molecule has 2 saturated heterocycles. The number of nitrogens with two attached hydrogens (primary N) is 1. The van der Waals surface area contributed by atoms with E-state index in [1.54, 1.807) is 0 Å². The van der Waals surface area contributed by atoms with Crippen molar-refractivity contribution in [1.82, 2.24) is 15.5 Å². The highest BCUT2D eigenvalue weighted by Gasteiger charge is 2.34. The largest absolute Gasteiger partial charge is 0.457 e. The molecule has 3 aliphatic rings. The van der Waals surface area contributed by atoms with Gasteiger partial charge in [0.25, 0.3) is 0 Å². The summed E-state index contributed by atoms with van der Waals surface area (Å²) in [6.45, 7) is 4.43. The number of ketones is 1. The van der Waals surface area contributed by atoms with E-state index < -0.39 is 23.7 Å². The Kier molecular flexibility index (Phi) is 15.6. The van der Waals surface area contributed by atoms with Gasteiger partial charge in [0.1, 0.15) is 5.82 Å². The molecule has 4 rings (SSSR count). The third-order valence-electron chi connectivity index (χ3n) is 8.84. The lowest BCUT2D eigenvalue weighted by molar-refractivity contribution is -0.154. The maximum absolute atomic E-state index is 12.9. The van der Waals surface area contributed by atoms with Gasteiger partial charge in [-0.15, -0.1) is 0 Å². The number of Topliss-reactive ketones (excluding diaryl/α,β-unsaturated/α-hetero) is 1. The van der Waals surface area contributed by atoms with Crippen LogP contribution in [0.5, 0.6) is 0 Å². The lowest BCUT2D eigenvalue weighted by Crippen LogP contribution is -2.45. The molecule has 4 amide bonds. The Labute approximate surface area is 280 Å². The molecule has 260 valence electrons. The van der Waals surface area contributed by atoms with E-state index in [1.807, 2.05) is 12.2 Å². The summed E-state index contributed by atoms with van der Waals surface area (Å²) in [7, 11) is 0. The average Bonchev–Trinajstić information content (AvgIpc) is 3.47. The van der Waals surface area contributed by atoms with Crippen molar-refractivity contribution in [3.63, 3.8) is 0 Å². The average molecular weight is 678 g/mol. The molecule has 47 heavy (non-hydrogen) atoms. The summed E-state index contributed by atoms with van der Waals surface area (Å²) in [6, 6.07) is 5.21. The Bertz CT molecular complexity index is 1250. The van der Waals surface area contributed by atoms with E-state index in [2.05, 4.69) is 33.9 Å². The minimum atomic E-state index is -1.15. The third-order valence-corrected chi connectivity index (χ3v) is 9.09. The molecule has 3 unspecified atom stereocenters. The van der Waals surface area contributed by atoms with Gasteiger partial charge >= 0.3 is 17.8 Å². The van der Waals surface area contributed by atoms with Crippen LogP contribution in [0.15, 0.2) is 24.3 Å². The van der Waals surface area contributed by atoms with Crippen LogP contribution in [-0.4, -0.2) is 83.9 Å². The molecule has 5 N–H and O–H groups in total. The summed E-state index contributed by atoms with van der Waals surface area (Å²) in [6.07, 6.45) is 9.11. The second kappa shape index (κ2) is 19.3. The molecule has 3 fully saturated rings. The fraction of sp³-hybridized carbons (Fsp3) is 0.636. The van der Waals surface area contributed by atoms with Crippen LogP contribution in [0.1, 0.15) is 77.6 Å². The van der Waals surface area contributed by atoms with Gasteiger partial charge in [-0.1, -0.05) is 25.5 Å². The number of carbonyl (C=O) groups excluding carboxylic acids is 6. The number of para-hydroxylation sites is 1. The minimum absolute atomic E-state index is 0.0636. The molecule has 0 bridgehead atoms. The molecule has 3 atom stereocenters. The highest BCUT2D eigenvalue weighted by atomic mass is 32.1. The number of amides is 4. The van der Waals surface area contributed by atoms with Crippen LogP contribution in [0.3, 0.4) is 0 Å². The Balaban J connectivity index is 0.000000386. The van der Waals surface area contributed by atoms with Gasteiger partial charge < -0.3 is 31.3 Å². The Morgan fingerprint density at radius 2 is 1.74 bits per heavy atom. The van der Waals surface area contributed by atoms with Crippen LogP contribution in [0.2, 0.25) is 0 Å². The van der Waals surface area contributed by atoms with Gasteiger partial charge in [-0.05, 0) is 88.3 Å². The number of primary amides is 1. The predicted octanol–water partition coefficient (Wildman–Crippen LogP) is 2.50. The van der Waals surface area contributed by atoms with Crippen molar-refractivity contribution >= 4 is 53.7 Å². The van der Waals surface area contributed by atoms with Gasteiger partial charge in [0.2, 0.25) is 11.8 Å². The second-order valence-corrected chi connectivity index (χ2v) is 13.4. The molecular weight excluding hydrogens is 629 g/mol. The molecule has 0 radical (unpaired) electrons. The molecule has 0 aromatic heterocycles. The Morgan fingerprint density at radius 1 is 1.06 bits per heavy atom. The maximum Gasteiger partial charge on any atom is 0.313 e. The number of likely N-dealkylation sites (tertiary alicyclic amines) is 1. The number of thiol groups is 1. The highest BCUT2D eigenvalue weighted by molar-refractivity contribution is 7.80. The van der Waals surface area contributed by atoms with Crippen molar-refractivity contribution in [3.8, 4) is 0 Å². The summed E-state index contributed by atoms with van der Waals surface area (Å²) in [5.74, 6) is -4.32. The summed E-state index contributed by atoms with van der Waals surface area (Å²) < 4.78 is 18.3. The zero-order valence-electron chi connectivity index (χ0n) is 27.0. The van der Waals surface area contributed by atoms with Gasteiger partial charge in [-0.25, -0.2) is 4.39 Å².